The molecular formula is C42H30N2O. The van der Waals surface area contributed by atoms with Crippen LogP contribution in [0.2, 0.25) is 0 Å². The first kappa shape index (κ1) is 25.7. The first-order valence-electron chi connectivity index (χ1n) is 15.5. The molecule has 0 saturated heterocycles. The molecule has 2 N–H and O–H groups in total. The summed E-state index contributed by atoms with van der Waals surface area (Å²) < 4.78 is 6.68. The van der Waals surface area contributed by atoms with Gasteiger partial charge in [-0.25, -0.2) is 0 Å². The standard InChI is InChI=1S/C42H30N2O/c1-2-10-29-26-30(18-17-27(29)8-1)32-19-20-38(42-35(32)16-7-24-43-42)40-22-21-39(45-40)34-23-25-44-41-36(14-6-15-37(34)41)33-13-5-11-28-9-3-4-12-31(28)33/h1-23,25-26,41,43-44H,24H2. The van der Waals surface area contributed by atoms with Crippen molar-refractivity contribution in [3.05, 3.63) is 168 Å². The van der Waals surface area contributed by atoms with Gasteiger partial charge in [-0.1, -0.05) is 115 Å². The Kier molecular flexibility index (Phi) is 5.95. The van der Waals surface area contributed by atoms with Crippen LogP contribution in [-0.4, -0.2) is 12.6 Å². The van der Waals surface area contributed by atoms with Gasteiger partial charge >= 0.3 is 0 Å². The van der Waals surface area contributed by atoms with Crippen LogP contribution in [0.3, 0.4) is 0 Å². The highest BCUT2D eigenvalue weighted by molar-refractivity contribution is 5.99. The molecule has 3 aliphatic rings. The van der Waals surface area contributed by atoms with E-state index in [1.165, 1.54) is 54.9 Å². The van der Waals surface area contributed by atoms with Gasteiger partial charge in [0.1, 0.15) is 11.5 Å². The van der Waals surface area contributed by atoms with Gasteiger partial charge in [0.2, 0.25) is 0 Å². The summed E-state index contributed by atoms with van der Waals surface area (Å²) in [5, 5.41) is 12.3. The molecule has 1 unspecified atom stereocenters. The van der Waals surface area contributed by atoms with E-state index in [9.17, 15) is 0 Å². The predicted molar refractivity (Wildman–Crippen MR) is 189 cm³/mol. The van der Waals surface area contributed by atoms with Gasteiger partial charge in [0.15, 0.2) is 0 Å². The Labute approximate surface area is 262 Å². The minimum Gasteiger partial charge on any atom is -0.456 e. The van der Waals surface area contributed by atoms with Crippen LogP contribution in [0.4, 0.5) is 5.69 Å². The summed E-state index contributed by atoms with van der Waals surface area (Å²) in [6, 6.07) is 39.0. The van der Waals surface area contributed by atoms with Crippen LogP contribution in [0.1, 0.15) is 16.9 Å². The Bertz CT molecular complexity index is 2300. The van der Waals surface area contributed by atoms with Crippen molar-refractivity contribution < 1.29 is 4.42 Å². The number of allylic oxidation sites excluding steroid dienone is 4. The van der Waals surface area contributed by atoms with Gasteiger partial charge in [-0.15, -0.1) is 0 Å². The molecule has 0 fully saturated rings. The van der Waals surface area contributed by atoms with Crippen LogP contribution in [-0.2, 0) is 0 Å². The van der Waals surface area contributed by atoms with Gasteiger partial charge in [-0.2, -0.15) is 0 Å². The summed E-state index contributed by atoms with van der Waals surface area (Å²) in [4.78, 5) is 0. The minimum absolute atomic E-state index is 0.0372. The number of anilines is 1. The van der Waals surface area contributed by atoms with Gasteiger partial charge in [0, 0.05) is 23.2 Å². The van der Waals surface area contributed by atoms with Crippen molar-refractivity contribution in [2.24, 2.45) is 0 Å². The molecule has 0 amide bonds. The molecule has 1 aliphatic carbocycles. The molecular weight excluding hydrogens is 548 g/mol. The lowest BCUT2D eigenvalue weighted by Gasteiger charge is -2.30. The summed E-state index contributed by atoms with van der Waals surface area (Å²) in [5.41, 5.74) is 10.6. The molecule has 45 heavy (non-hydrogen) atoms. The van der Waals surface area contributed by atoms with Crippen LogP contribution >= 0.6 is 0 Å². The normalized spacial score (nSPS) is 16.7. The molecule has 0 radical (unpaired) electrons. The maximum Gasteiger partial charge on any atom is 0.136 e. The second-order valence-corrected chi connectivity index (χ2v) is 11.8. The van der Waals surface area contributed by atoms with Crippen molar-refractivity contribution in [3.8, 4) is 22.5 Å². The van der Waals surface area contributed by atoms with Crippen molar-refractivity contribution in [2.45, 2.75) is 6.04 Å². The number of nitrogens with one attached hydrogen (secondary N) is 2. The Morgan fingerprint density at radius 3 is 2.42 bits per heavy atom. The van der Waals surface area contributed by atoms with Crippen LogP contribution in [0.25, 0.3) is 61.2 Å². The molecule has 3 nitrogen and oxygen atoms in total. The second kappa shape index (κ2) is 10.4. The monoisotopic (exact) mass is 578 g/mol. The fourth-order valence-corrected chi connectivity index (χ4v) is 7.07. The van der Waals surface area contributed by atoms with Crippen LogP contribution < -0.4 is 10.6 Å². The summed E-state index contributed by atoms with van der Waals surface area (Å²) in [6.07, 6.45) is 15.2. The zero-order chi connectivity index (χ0) is 29.7. The average molecular weight is 579 g/mol. The van der Waals surface area contributed by atoms with E-state index in [-0.39, 0.29) is 6.04 Å². The molecule has 9 rings (SSSR count). The molecule has 0 bridgehead atoms. The first-order chi connectivity index (χ1) is 22.3. The van der Waals surface area contributed by atoms with E-state index in [2.05, 4.69) is 162 Å². The lowest BCUT2D eigenvalue weighted by Crippen LogP contribution is -2.31. The summed E-state index contributed by atoms with van der Waals surface area (Å²) in [5.74, 6) is 1.72. The predicted octanol–water partition coefficient (Wildman–Crippen LogP) is 10.3. The Hall–Kier alpha value is -5.80. The third-order valence-electron chi connectivity index (χ3n) is 9.22. The third kappa shape index (κ3) is 4.28. The van der Waals surface area contributed by atoms with Crippen LogP contribution in [0, 0.1) is 0 Å². The molecule has 214 valence electrons. The Balaban J connectivity index is 1.10. The Morgan fingerprint density at radius 2 is 1.47 bits per heavy atom. The molecule has 0 saturated carbocycles. The molecule has 3 heteroatoms. The molecule has 5 aromatic carbocycles. The molecule has 1 aromatic heterocycles. The van der Waals surface area contributed by atoms with Crippen molar-refractivity contribution in [1.82, 2.24) is 5.32 Å². The van der Waals surface area contributed by atoms with Gasteiger partial charge in [0.05, 0.1) is 11.7 Å². The number of fused-ring (bicyclic) bond motifs is 4. The first-order valence-corrected chi connectivity index (χ1v) is 15.5. The van der Waals surface area contributed by atoms with E-state index >= 15 is 0 Å². The average Bonchev–Trinajstić information content (AvgIpc) is 3.60. The molecule has 2 aliphatic heterocycles. The van der Waals surface area contributed by atoms with E-state index < -0.39 is 0 Å². The lowest BCUT2D eigenvalue weighted by molar-refractivity contribution is 0.567. The number of hydrogen-bond donors (Lipinski definition) is 2. The summed E-state index contributed by atoms with van der Waals surface area (Å²) in [7, 11) is 0. The summed E-state index contributed by atoms with van der Waals surface area (Å²) >= 11 is 0. The maximum absolute atomic E-state index is 6.68. The van der Waals surface area contributed by atoms with Crippen LogP contribution in [0.15, 0.2) is 156 Å². The fraction of sp³-hybridized carbons (Fsp3) is 0.0476. The number of furan rings is 1. The van der Waals surface area contributed by atoms with Crippen molar-refractivity contribution >= 4 is 44.5 Å². The molecule has 3 heterocycles. The quantitative estimate of drug-likeness (QED) is 0.219. The number of dihydropyridines is 1. The topological polar surface area (TPSA) is 37.2 Å². The van der Waals surface area contributed by atoms with E-state index in [0.717, 1.165) is 34.9 Å². The highest BCUT2D eigenvalue weighted by Crippen LogP contribution is 2.43. The minimum atomic E-state index is 0.0372. The van der Waals surface area contributed by atoms with Gasteiger partial charge in [-0.05, 0) is 85.9 Å². The molecule has 0 spiro atoms. The third-order valence-corrected chi connectivity index (χ3v) is 9.22. The van der Waals surface area contributed by atoms with E-state index in [1.54, 1.807) is 0 Å². The number of benzene rings is 5. The highest BCUT2D eigenvalue weighted by atomic mass is 16.3. The molecule has 1 atom stereocenters. The van der Waals surface area contributed by atoms with E-state index in [4.69, 9.17) is 4.42 Å². The fourth-order valence-electron chi connectivity index (χ4n) is 7.07. The van der Waals surface area contributed by atoms with Crippen molar-refractivity contribution in [3.63, 3.8) is 0 Å². The SMILES string of the molecule is C1=CC2=C(c3ccc(-c4ccc(-c5ccc6ccccc6c5)c5c4NCC=C5)o3)C=CNC2C(c2cccc3ccccc23)=C1. The second-order valence-electron chi connectivity index (χ2n) is 11.8. The maximum atomic E-state index is 6.68. The van der Waals surface area contributed by atoms with Gasteiger partial charge in [0.25, 0.3) is 0 Å². The smallest absolute Gasteiger partial charge is 0.136 e. The van der Waals surface area contributed by atoms with Crippen LogP contribution in [0.5, 0.6) is 0 Å². The lowest BCUT2D eigenvalue weighted by atomic mass is 9.83. The highest BCUT2D eigenvalue weighted by Gasteiger charge is 2.27. The van der Waals surface area contributed by atoms with Gasteiger partial charge in [-0.3, -0.25) is 0 Å². The van der Waals surface area contributed by atoms with Crippen molar-refractivity contribution in [2.75, 3.05) is 11.9 Å². The van der Waals surface area contributed by atoms with Gasteiger partial charge < -0.3 is 15.1 Å². The molecule has 6 aromatic rings. The van der Waals surface area contributed by atoms with E-state index in [1.807, 2.05) is 0 Å². The Morgan fingerprint density at radius 1 is 0.644 bits per heavy atom. The van der Waals surface area contributed by atoms with E-state index in [0.29, 0.717) is 0 Å². The summed E-state index contributed by atoms with van der Waals surface area (Å²) in [6.45, 7) is 0.786. The van der Waals surface area contributed by atoms with Crippen molar-refractivity contribution in [1.29, 1.82) is 0 Å². The largest absolute Gasteiger partial charge is 0.456 e. The number of rotatable bonds is 4. The number of hydrogen-bond acceptors (Lipinski definition) is 3. The zero-order valence-electron chi connectivity index (χ0n) is 24.6. The zero-order valence-corrected chi connectivity index (χ0v) is 24.6.